The molecular weight excluding hydrogens is 216 g/mol. The van der Waals surface area contributed by atoms with Crippen LogP contribution in [0.25, 0.3) is 0 Å². The molecule has 0 aliphatic carbocycles. The van der Waals surface area contributed by atoms with Crippen molar-refractivity contribution in [3.8, 4) is 0 Å². The lowest BCUT2D eigenvalue weighted by molar-refractivity contribution is -0.107. The maximum atomic E-state index is 10.1. The molecule has 2 N–H and O–H groups in total. The number of nitrogens with one attached hydrogen (secondary N) is 1. The van der Waals surface area contributed by atoms with Gasteiger partial charge in [-0.15, -0.1) is 0 Å². The largest absolute Gasteiger partial charge is 0.395 e. The molecule has 0 aliphatic heterocycles. The maximum Gasteiger partial charge on any atom is 0.119 e. The first-order valence-electron chi connectivity index (χ1n) is 6.82. The van der Waals surface area contributed by atoms with E-state index in [-0.39, 0.29) is 6.61 Å². The van der Waals surface area contributed by atoms with E-state index in [0.29, 0.717) is 6.42 Å². The van der Waals surface area contributed by atoms with E-state index in [4.69, 9.17) is 5.11 Å². The Balaban J connectivity index is 3.14. The van der Waals surface area contributed by atoms with Crippen molar-refractivity contribution in [3.63, 3.8) is 0 Å². The van der Waals surface area contributed by atoms with Gasteiger partial charge in [-0.2, -0.15) is 0 Å². The summed E-state index contributed by atoms with van der Waals surface area (Å²) in [7, 11) is 0. The maximum absolute atomic E-state index is 10.1. The summed E-state index contributed by atoms with van der Waals surface area (Å²) in [5, 5.41) is 12.2. The highest BCUT2D eigenvalue weighted by atomic mass is 16.3. The first kappa shape index (κ1) is 16.6. The summed E-state index contributed by atoms with van der Waals surface area (Å²) in [6.07, 6.45) is 6.13. The van der Waals surface area contributed by atoms with Gasteiger partial charge >= 0.3 is 0 Å². The highest BCUT2D eigenvalue weighted by Crippen LogP contribution is 1.96. The van der Waals surface area contributed by atoms with Crippen molar-refractivity contribution in [1.29, 1.82) is 0 Å². The topological polar surface area (TPSA) is 52.6 Å². The minimum Gasteiger partial charge on any atom is -0.395 e. The predicted molar refractivity (Wildman–Crippen MR) is 71.2 cm³/mol. The molecule has 0 bridgehead atoms. The van der Waals surface area contributed by atoms with Gasteiger partial charge in [0.25, 0.3) is 0 Å². The van der Waals surface area contributed by atoms with Crippen LogP contribution in [-0.2, 0) is 4.79 Å². The lowest BCUT2D eigenvalue weighted by atomic mass is 10.2. The second-order valence-corrected chi connectivity index (χ2v) is 4.28. The Hall–Kier alpha value is -0.450. The van der Waals surface area contributed by atoms with Crippen LogP contribution in [0, 0.1) is 0 Å². The fraction of sp³-hybridized carbons (Fsp3) is 0.923. The Morgan fingerprint density at radius 2 is 1.88 bits per heavy atom. The minimum atomic E-state index is 0.248. The van der Waals surface area contributed by atoms with E-state index in [0.717, 1.165) is 64.7 Å². The highest BCUT2D eigenvalue weighted by Gasteiger charge is 1.99. The van der Waals surface area contributed by atoms with Gasteiger partial charge in [-0.3, -0.25) is 0 Å². The third kappa shape index (κ3) is 11.8. The smallest absolute Gasteiger partial charge is 0.119 e. The lowest BCUT2D eigenvalue weighted by Crippen LogP contribution is -2.30. The molecule has 4 nitrogen and oxygen atoms in total. The summed E-state index contributed by atoms with van der Waals surface area (Å²) in [5.41, 5.74) is 0. The zero-order valence-corrected chi connectivity index (χ0v) is 11.2. The van der Waals surface area contributed by atoms with Crippen LogP contribution in [-0.4, -0.2) is 55.6 Å². The Labute approximate surface area is 105 Å². The van der Waals surface area contributed by atoms with Gasteiger partial charge in [0, 0.05) is 13.0 Å². The van der Waals surface area contributed by atoms with Crippen molar-refractivity contribution >= 4 is 6.29 Å². The van der Waals surface area contributed by atoms with Gasteiger partial charge in [0.2, 0.25) is 0 Å². The Morgan fingerprint density at radius 1 is 1.12 bits per heavy atom. The summed E-state index contributed by atoms with van der Waals surface area (Å²) >= 11 is 0. The molecule has 0 spiro atoms. The van der Waals surface area contributed by atoms with Crippen LogP contribution in [0.2, 0.25) is 0 Å². The van der Waals surface area contributed by atoms with E-state index in [2.05, 4.69) is 17.1 Å². The van der Waals surface area contributed by atoms with Crippen molar-refractivity contribution in [2.45, 2.75) is 39.0 Å². The van der Waals surface area contributed by atoms with Crippen LogP contribution >= 0.6 is 0 Å². The van der Waals surface area contributed by atoms with E-state index >= 15 is 0 Å². The molecule has 17 heavy (non-hydrogen) atoms. The number of carbonyl (C=O) groups is 1. The van der Waals surface area contributed by atoms with Crippen LogP contribution in [0.3, 0.4) is 0 Å². The molecule has 0 amide bonds. The number of likely N-dealkylation sites (N-methyl/N-ethyl adjacent to an activating group) is 1. The molecule has 0 atom stereocenters. The predicted octanol–water partition coefficient (Wildman–Crippen LogP) is 1.04. The molecule has 4 heteroatoms. The fourth-order valence-electron chi connectivity index (χ4n) is 1.78. The average Bonchev–Trinajstić information content (AvgIpc) is 2.35. The van der Waals surface area contributed by atoms with Crippen molar-refractivity contribution < 1.29 is 9.90 Å². The van der Waals surface area contributed by atoms with Crippen molar-refractivity contribution in [1.82, 2.24) is 10.2 Å². The van der Waals surface area contributed by atoms with E-state index in [1.807, 2.05) is 0 Å². The minimum absolute atomic E-state index is 0.248. The number of aliphatic hydroxyl groups excluding tert-OH is 1. The molecule has 0 rings (SSSR count). The quantitative estimate of drug-likeness (QED) is 0.375. The molecule has 0 saturated heterocycles. The van der Waals surface area contributed by atoms with Crippen LogP contribution in [0.5, 0.6) is 0 Å². The first-order chi connectivity index (χ1) is 8.35. The Kier molecular flexibility index (Phi) is 13.3. The molecule has 0 fully saturated rings. The van der Waals surface area contributed by atoms with Crippen LogP contribution in [0.1, 0.15) is 39.0 Å². The van der Waals surface area contributed by atoms with Crippen LogP contribution < -0.4 is 5.32 Å². The molecule has 0 heterocycles. The summed E-state index contributed by atoms with van der Waals surface area (Å²) in [4.78, 5) is 12.3. The molecule has 0 radical (unpaired) electrons. The number of hydrogen-bond acceptors (Lipinski definition) is 4. The molecule has 0 saturated carbocycles. The van der Waals surface area contributed by atoms with Crippen molar-refractivity contribution in [2.24, 2.45) is 0 Å². The second kappa shape index (κ2) is 13.6. The number of nitrogens with zero attached hydrogens (tertiary/aromatic N) is 1. The molecule has 0 aliphatic rings. The van der Waals surface area contributed by atoms with Gasteiger partial charge in [0.15, 0.2) is 0 Å². The monoisotopic (exact) mass is 244 g/mol. The third-order valence-electron chi connectivity index (χ3n) is 2.87. The summed E-state index contributed by atoms with van der Waals surface area (Å²) in [6, 6.07) is 0. The van der Waals surface area contributed by atoms with Gasteiger partial charge in [0.05, 0.1) is 6.61 Å². The third-order valence-corrected chi connectivity index (χ3v) is 2.87. The molecular formula is C13H28N2O2. The van der Waals surface area contributed by atoms with Gasteiger partial charge in [-0.1, -0.05) is 13.3 Å². The number of carbonyl (C=O) groups excluding carboxylic acids is 1. The Morgan fingerprint density at radius 3 is 2.53 bits per heavy atom. The van der Waals surface area contributed by atoms with E-state index in [1.54, 1.807) is 0 Å². The molecule has 102 valence electrons. The van der Waals surface area contributed by atoms with Gasteiger partial charge in [-0.25, -0.2) is 0 Å². The molecule has 0 unspecified atom stereocenters. The lowest BCUT2D eigenvalue weighted by Gasteiger charge is -2.18. The number of unbranched alkanes of at least 4 members (excludes halogenated alkanes) is 3. The van der Waals surface area contributed by atoms with Crippen LogP contribution in [0.15, 0.2) is 0 Å². The van der Waals surface area contributed by atoms with Gasteiger partial charge in [0.1, 0.15) is 6.29 Å². The van der Waals surface area contributed by atoms with E-state index < -0.39 is 0 Å². The van der Waals surface area contributed by atoms with E-state index in [9.17, 15) is 4.79 Å². The summed E-state index contributed by atoms with van der Waals surface area (Å²) in [5.74, 6) is 0. The van der Waals surface area contributed by atoms with E-state index in [1.165, 1.54) is 0 Å². The van der Waals surface area contributed by atoms with Crippen molar-refractivity contribution in [3.05, 3.63) is 0 Å². The number of aliphatic hydroxyl groups is 1. The zero-order chi connectivity index (χ0) is 12.8. The van der Waals surface area contributed by atoms with Gasteiger partial charge in [-0.05, 0) is 45.4 Å². The van der Waals surface area contributed by atoms with Crippen LogP contribution in [0.4, 0.5) is 0 Å². The molecule has 0 aromatic carbocycles. The second-order valence-electron chi connectivity index (χ2n) is 4.28. The Bertz CT molecular complexity index is 165. The normalized spacial score (nSPS) is 11.0. The number of rotatable bonds is 13. The highest BCUT2D eigenvalue weighted by molar-refractivity contribution is 5.48. The first-order valence-corrected chi connectivity index (χ1v) is 6.82. The van der Waals surface area contributed by atoms with Gasteiger partial charge < -0.3 is 20.1 Å². The zero-order valence-electron chi connectivity index (χ0n) is 11.2. The number of hydrogen-bond donors (Lipinski definition) is 2. The fourth-order valence-corrected chi connectivity index (χ4v) is 1.78. The number of aldehydes is 1. The molecule has 0 aromatic heterocycles. The molecule has 0 aromatic rings. The summed E-state index contributed by atoms with van der Waals surface area (Å²) < 4.78 is 0. The standard InChI is InChI=1S/C13H28N2O2/c1-2-15(11-13-17)10-7-9-14-8-5-3-4-6-12-16/h12,14,17H,2-11,13H2,1H3. The SMILES string of the molecule is CCN(CCO)CCCNCCCCCC=O. The van der Waals surface area contributed by atoms with Crippen molar-refractivity contribution in [2.75, 3.05) is 39.3 Å². The summed E-state index contributed by atoms with van der Waals surface area (Å²) in [6.45, 7) is 7.29. The average molecular weight is 244 g/mol.